The lowest BCUT2D eigenvalue weighted by Crippen LogP contribution is -2.20. The van der Waals surface area contributed by atoms with Crippen LogP contribution in [0.1, 0.15) is 23.7 Å². The maximum Gasteiger partial charge on any atom is 0.167 e. The van der Waals surface area contributed by atoms with E-state index in [9.17, 15) is 9.18 Å². The summed E-state index contributed by atoms with van der Waals surface area (Å²) in [5.74, 6) is -0.872. The number of nitrogens with zero attached hydrogens (tertiary/aromatic N) is 1. The minimum absolute atomic E-state index is 0.0623. The lowest BCUT2D eigenvalue weighted by Gasteiger charge is -2.04. The predicted molar refractivity (Wildman–Crippen MR) is 46.8 cm³/mol. The van der Waals surface area contributed by atoms with E-state index in [4.69, 9.17) is 5.73 Å². The van der Waals surface area contributed by atoms with Gasteiger partial charge in [-0.05, 0) is 13.0 Å². The van der Waals surface area contributed by atoms with Gasteiger partial charge < -0.3 is 5.73 Å². The molecule has 0 bridgehead atoms. The molecule has 1 unspecified atom stereocenters. The number of ketones is 1. The van der Waals surface area contributed by atoms with Crippen LogP contribution in [0.2, 0.25) is 0 Å². The average molecular weight is 182 g/mol. The first-order chi connectivity index (χ1) is 6.11. The van der Waals surface area contributed by atoms with Gasteiger partial charge in [-0.2, -0.15) is 0 Å². The summed E-state index contributed by atoms with van der Waals surface area (Å²) in [6, 6.07) is 1.11. The van der Waals surface area contributed by atoms with Gasteiger partial charge >= 0.3 is 0 Å². The standard InChI is InChI=1S/C9H11FN2O/c1-6(11)4-9(13)7-2-3-12-5-8(7)10/h2-3,5-6H,4,11H2,1H3. The van der Waals surface area contributed by atoms with E-state index in [1.165, 1.54) is 12.3 Å². The highest BCUT2D eigenvalue weighted by atomic mass is 19.1. The molecule has 0 radical (unpaired) electrons. The molecule has 0 aliphatic heterocycles. The zero-order valence-corrected chi connectivity index (χ0v) is 7.33. The summed E-state index contributed by atoms with van der Waals surface area (Å²) in [7, 11) is 0. The fourth-order valence-electron chi connectivity index (χ4n) is 1.00. The largest absolute Gasteiger partial charge is 0.328 e. The Balaban J connectivity index is 2.83. The van der Waals surface area contributed by atoms with Crippen molar-refractivity contribution in [1.82, 2.24) is 4.98 Å². The Bertz CT molecular complexity index is 312. The normalized spacial score (nSPS) is 12.5. The number of carbonyl (C=O) groups is 1. The topological polar surface area (TPSA) is 56.0 Å². The van der Waals surface area contributed by atoms with Crippen molar-refractivity contribution in [3.8, 4) is 0 Å². The van der Waals surface area contributed by atoms with Crippen LogP contribution in [0.15, 0.2) is 18.5 Å². The van der Waals surface area contributed by atoms with Crippen molar-refractivity contribution < 1.29 is 9.18 Å². The second-order valence-electron chi connectivity index (χ2n) is 2.96. The van der Waals surface area contributed by atoms with Gasteiger partial charge in [0.25, 0.3) is 0 Å². The second-order valence-corrected chi connectivity index (χ2v) is 2.96. The van der Waals surface area contributed by atoms with Crippen molar-refractivity contribution in [3.05, 3.63) is 29.8 Å². The quantitative estimate of drug-likeness (QED) is 0.713. The molecular weight excluding hydrogens is 171 g/mol. The third-order valence-electron chi connectivity index (χ3n) is 1.58. The number of aromatic nitrogens is 1. The minimum Gasteiger partial charge on any atom is -0.328 e. The molecule has 0 aliphatic carbocycles. The predicted octanol–water partition coefficient (Wildman–Crippen LogP) is 1.14. The molecule has 1 aromatic rings. The zero-order valence-electron chi connectivity index (χ0n) is 7.33. The van der Waals surface area contributed by atoms with Crippen LogP contribution in [-0.4, -0.2) is 16.8 Å². The van der Waals surface area contributed by atoms with Crippen LogP contribution in [0.5, 0.6) is 0 Å². The van der Waals surface area contributed by atoms with E-state index in [1.54, 1.807) is 6.92 Å². The zero-order chi connectivity index (χ0) is 9.84. The molecule has 4 heteroatoms. The molecule has 1 aromatic heterocycles. The van der Waals surface area contributed by atoms with Crippen LogP contribution in [0.25, 0.3) is 0 Å². The van der Waals surface area contributed by atoms with Crippen LogP contribution >= 0.6 is 0 Å². The van der Waals surface area contributed by atoms with E-state index in [2.05, 4.69) is 4.98 Å². The molecule has 13 heavy (non-hydrogen) atoms. The van der Waals surface area contributed by atoms with Gasteiger partial charge in [0.2, 0.25) is 0 Å². The first-order valence-electron chi connectivity index (χ1n) is 3.99. The van der Waals surface area contributed by atoms with Gasteiger partial charge in [-0.3, -0.25) is 9.78 Å². The third kappa shape index (κ3) is 2.59. The van der Waals surface area contributed by atoms with Crippen molar-refractivity contribution in [2.24, 2.45) is 5.73 Å². The average Bonchev–Trinajstić information content (AvgIpc) is 2.03. The molecule has 3 nitrogen and oxygen atoms in total. The molecule has 1 atom stereocenters. The summed E-state index contributed by atoms with van der Waals surface area (Å²) in [5.41, 5.74) is 5.48. The van der Waals surface area contributed by atoms with E-state index in [0.29, 0.717) is 0 Å². The SMILES string of the molecule is CC(N)CC(=O)c1ccncc1F. The Hall–Kier alpha value is -1.29. The highest BCUT2D eigenvalue weighted by Crippen LogP contribution is 2.08. The van der Waals surface area contributed by atoms with E-state index >= 15 is 0 Å². The smallest absolute Gasteiger partial charge is 0.167 e. The molecule has 0 saturated carbocycles. The lowest BCUT2D eigenvalue weighted by atomic mass is 10.1. The van der Waals surface area contributed by atoms with Gasteiger partial charge in [-0.15, -0.1) is 0 Å². The Morgan fingerprint density at radius 2 is 2.46 bits per heavy atom. The summed E-state index contributed by atoms with van der Waals surface area (Å²) >= 11 is 0. The monoisotopic (exact) mass is 182 g/mol. The Morgan fingerprint density at radius 3 is 3.00 bits per heavy atom. The summed E-state index contributed by atoms with van der Waals surface area (Å²) in [6.45, 7) is 1.71. The second kappa shape index (κ2) is 4.09. The molecule has 0 aliphatic rings. The maximum atomic E-state index is 13.0. The Labute approximate surface area is 75.8 Å². The van der Waals surface area contributed by atoms with E-state index < -0.39 is 5.82 Å². The van der Waals surface area contributed by atoms with Crippen molar-refractivity contribution in [1.29, 1.82) is 0 Å². The number of nitrogens with two attached hydrogens (primary N) is 1. The van der Waals surface area contributed by atoms with Crippen LogP contribution < -0.4 is 5.73 Å². The number of halogens is 1. The van der Waals surface area contributed by atoms with Crippen molar-refractivity contribution in [2.75, 3.05) is 0 Å². The van der Waals surface area contributed by atoms with Gasteiger partial charge in [0, 0.05) is 18.7 Å². The van der Waals surface area contributed by atoms with E-state index in [0.717, 1.165) is 6.20 Å². The first-order valence-corrected chi connectivity index (χ1v) is 3.99. The molecule has 0 fully saturated rings. The number of hydrogen-bond acceptors (Lipinski definition) is 3. The Morgan fingerprint density at radius 1 is 1.77 bits per heavy atom. The molecular formula is C9H11FN2O. The molecule has 1 heterocycles. The molecule has 2 N–H and O–H groups in total. The van der Waals surface area contributed by atoms with Gasteiger partial charge in [-0.25, -0.2) is 4.39 Å². The van der Waals surface area contributed by atoms with Crippen LogP contribution in [0.3, 0.4) is 0 Å². The summed E-state index contributed by atoms with van der Waals surface area (Å²) in [5, 5.41) is 0. The highest BCUT2D eigenvalue weighted by Gasteiger charge is 2.12. The highest BCUT2D eigenvalue weighted by molar-refractivity contribution is 5.96. The van der Waals surface area contributed by atoms with Crippen molar-refractivity contribution in [2.45, 2.75) is 19.4 Å². The molecule has 0 amide bonds. The summed E-state index contributed by atoms with van der Waals surface area (Å²) in [6.07, 6.45) is 2.56. The first kappa shape index (κ1) is 9.80. The van der Waals surface area contributed by atoms with Gasteiger partial charge in [-0.1, -0.05) is 0 Å². The van der Waals surface area contributed by atoms with Crippen LogP contribution in [-0.2, 0) is 0 Å². The maximum absolute atomic E-state index is 13.0. The fourth-order valence-corrected chi connectivity index (χ4v) is 1.00. The van der Waals surface area contributed by atoms with Crippen LogP contribution in [0.4, 0.5) is 4.39 Å². The van der Waals surface area contributed by atoms with Crippen molar-refractivity contribution in [3.63, 3.8) is 0 Å². The Kier molecular flexibility index (Phi) is 3.08. The molecule has 0 aromatic carbocycles. The molecule has 0 spiro atoms. The molecule has 70 valence electrons. The lowest BCUT2D eigenvalue weighted by molar-refractivity contribution is 0.0972. The number of hydrogen-bond donors (Lipinski definition) is 1. The molecule has 1 rings (SSSR count). The van der Waals surface area contributed by atoms with E-state index in [-0.39, 0.29) is 23.8 Å². The molecule has 0 saturated heterocycles. The fraction of sp³-hybridized carbons (Fsp3) is 0.333. The van der Waals surface area contributed by atoms with Gasteiger partial charge in [0.15, 0.2) is 11.6 Å². The van der Waals surface area contributed by atoms with Gasteiger partial charge in [0.1, 0.15) is 0 Å². The number of rotatable bonds is 3. The number of Topliss-reactive ketones (excluding diaryl/α,β-unsaturated/α-hetero) is 1. The third-order valence-corrected chi connectivity index (χ3v) is 1.58. The number of pyridine rings is 1. The van der Waals surface area contributed by atoms with E-state index in [1.807, 2.05) is 0 Å². The summed E-state index contributed by atoms with van der Waals surface area (Å²) in [4.78, 5) is 14.9. The number of carbonyl (C=O) groups excluding carboxylic acids is 1. The van der Waals surface area contributed by atoms with Crippen molar-refractivity contribution >= 4 is 5.78 Å². The summed E-state index contributed by atoms with van der Waals surface area (Å²) < 4.78 is 13.0. The minimum atomic E-state index is -0.590. The van der Waals surface area contributed by atoms with Crippen LogP contribution in [0, 0.1) is 5.82 Å². The van der Waals surface area contributed by atoms with Gasteiger partial charge in [0.05, 0.1) is 11.8 Å².